The van der Waals surface area contributed by atoms with E-state index in [4.69, 9.17) is 4.74 Å². The number of H-pyrrole nitrogens is 1. The Morgan fingerprint density at radius 3 is 2.81 bits per heavy atom. The van der Waals surface area contributed by atoms with Crippen molar-refractivity contribution in [2.75, 3.05) is 6.61 Å². The van der Waals surface area contributed by atoms with Crippen molar-refractivity contribution >= 4 is 39.5 Å². The van der Waals surface area contributed by atoms with Gasteiger partial charge in [-0.05, 0) is 66.5 Å². The molecule has 3 rings (SSSR count). The minimum Gasteiger partial charge on any atom is -0.462 e. The van der Waals surface area contributed by atoms with Gasteiger partial charge in [0, 0.05) is 20.2 Å². The quantitative estimate of drug-likeness (QED) is 0.585. The average Bonchev–Trinajstić information content (AvgIpc) is 2.87. The molecule has 2 aromatic rings. The molecule has 0 amide bonds. The molecule has 1 saturated carbocycles. The third-order valence-corrected chi connectivity index (χ3v) is 4.95. The Morgan fingerprint density at radius 2 is 2.10 bits per heavy atom. The van der Waals surface area contributed by atoms with Crippen molar-refractivity contribution in [3.63, 3.8) is 0 Å². The number of esters is 1. The molecule has 0 saturated heterocycles. The van der Waals surface area contributed by atoms with E-state index in [1.807, 2.05) is 6.92 Å². The second-order valence-electron chi connectivity index (χ2n) is 5.66. The molecule has 1 aromatic carbocycles. The molecule has 0 atom stereocenters. The molecule has 0 unspecified atom stereocenters. The van der Waals surface area contributed by atoms with Gasteiger partial charge in [-0.25, -0.2) is 4.79 Å². The number of halogens is 1. The zero-order chi connectivity index (χ0) is 14.8. The van der Waals surface area contributed by atoms with E-state index in [-0.39, 0.29) is 5.97 Å². The van der Waals surface area contributed by atoms with E-state index >= 15 is 0 Å². The van der Waals surface area contributed by atoms with Crippen LogP contribution in [0.4, 0.5) is 0 Å². The second kappa shape index (κ2) is 6.38. The molecule has 1 aliphatic rings. The second-order valence-corrected chi connectivity index (χ2v) is 6.90. The molecule has 0 spiro atoms. The predicted molar refractivity (Wildman–Crippen MR) is 92.8 cm³/mol. The Kier molecular flexibility index (Phi) is 4.52. The molecule has 0 bridgehead atoms. The normalized spacial score (nSPS) is 16.3. The van der Waals surface area contributed by atoms with Crippen LogP contribution in [0, 0.1) is 3.57 Å². The van der Waals surface area contributed by atoms with Crippen LogP contribution in [0.5, 0.6) is 0 Å². The summed E-state index contributed by atoms with van der Waals surface area (Å²) in [5, 5.41) is 1.00. The van der Waals surface area contributed by atoms with Gasteiger partial charge >= 0.3 is 5.97 Å². The Hall–Kier alpha value is -1.04. The monoisotopic (exact) mass is 397 g/mol. The van der Waals surface area contributed by atoms with E-state index in [2.05, 4.69) is 45.8 Å². The first-order chi connectivity index (χ1) is 10.2. The summed E-state index contributed by atoms with van der Waals surface area (Å²) >= 11 is 2.29. The molecule has 1 aliphatic carbocycles. The van der Waals surface area contributed by atoms with Crippen molar-refractivity contribution in [1.82, 2.24) is 4.98 Å². The predicted octanol–water partition coefficient (Wildman–Crippen LogP) is 5.00. The summed E-state index contributed by atoms with van der Waals surface area (Å²) in [6.45, 7) is 2.27. The number of aromatic nitrogens is 1. The number of nitrogens with one attached hydrogen (secondary N) is 1. The van der Waals surface area contributed by atoms with Crippen LogP contribution in [0.1, 0.15) is 61.0 Å². The lowest BCUT2D eigenvalue weighted by Crippen LogP contribution is -2.12. The number of carbonyl (C=O) groups is 1. The molecule has 0 aliphatic heterocycles. The van der Waals surface area contributed by atoms with Gasteiger partial charge in [-0.15, -0.1) is 0 Å². The van der Waals surface area contributed by atoms with Crippen molar-refractivity contribution in [1.29, 1.82) is 0 Å². The summed E-state index contributed by atoms with van der Waals surface area (Å²) in [6, 6.07) is 6.20. The lowest BCUT2D eigenvalue weighted by atomic mass is 9.85. The van der Waals surface area contributed by atoms with Crippen molar-refractivity contribution in [3.8, 4) is 0 Å². The number of benzene rings is 1. The van der Waals surface area contributed by atoms with E-state index in [0.29, 0.717) is 12.5 Å². The highest BCUT2D eigenvalue weighted by molar-refractivity contribution is 14.1. The molecule has 0 radical (unpaired) electrons. The Bertz CT molecular complexity index is 656. The van der Waals surface area contributed by atoms with Gasteiger partial charge in [0.05, 0.1) is 12.2 Å². The molecule has 3 nitrogen and oxygen atoms in total. The van der Waals surface area contributed by atoms with E-state index in [1.54, 1.807) is 0 Å². The lowest BCUT2D eigenvalue weighted by Gasteiger charge is -2.21. The van der Waals surface area contributed by atoms with Crippen LogP contribution in [-0.4, -0.2) is 17.6 Å². The molecule has 1 aromatic heterocycles. The fourth-order valence-corrected chi connectivity index (χ4v) is 3.80. The molecule has 1 fully saturated rings. The molecule has 1 N–H and O–H groups in total. The molecule has 21 heavy (non-hydrogen) atoms. The maximum Gasteiger partial charge on any atom is 0.340 e. The molecule has 4 heteroatoms. The molecule has 1 heterocycles. The van der Waals surface area contributed by atoms with Crippen LogP contribution in [0.2, 0.25) is 0 Å². The van der Waals surface area contributed by atoms with Gasteiger partial charge in [0.25, 0.3) is 0 Å². The van der Waals surface area contributed by atoms with Gasteiger partial charge in [0.1, 0.15) is 0 Å². The van der Waals surface area contributed by atoms with Crippen molar-refractivity contribution in [2.24, 2.45) is 0 Å². The highest BCUT2D eigenvalue weighted by Gasteiger charge is 2.26. The topological polar surface area (TPSA) is 42.1 Å². The first-order valence-corrected chi connectivity index (χ1v) is 8.76. The third-order valence-electron chi connectivity index (χ3n) is 4.28. The summed E-state index contributed by atoms with van der Waals surface area (Å²) in [5.41, 5.74) is 2.89. The molecule has 112 valence electrons. The zero-order valence-electron chi connectivity index (χ0n) is 12.2. The van der Waals surface area contributed by atoms with E-state index < -0.39 is 0 Å². The van der Waals surface area contributed by atoms with Crippen LogP contribution in [0.15, 0.2) is 18.2 Å². The summed E-state index contributed by atoms with van der Waals surface area (Å²) in [5.74, 6) is 0.273. The maximum absolute atomic E-state index is 12.4. The van der Waals surface area contributed by atoms with E-state index in [9.17, 15) is 4.79 Å². The number of carbonyl (C=O) groups excluding carboxylic acids is 1. The van der Waals surface area contributed by atoms with Gasteiger partial charge in [0.15, 0.2) is 0 Å². The number of rotatable bonds is 3. The van der Waals surface area contributed by atoms with Gasteiger partial charge in [0.2, 0.25) is 0 Å². The lowest BCUT2D eigenvalue weighted by molar-refractivity contribution is 0.0526. The van der Waals surface area contributed by atoms with Gasteiger partial charge in [-0.2, -0.15) is 0 Å². The number of ether oxygens (including phenoxy) is 1. The minimum atomic E-state index is -0.189. The fraction of sp³-hybridized carbons (Fsp3) is 0.471. The minimum absolute atomic E-state index is 0.189. The van der Waals surface area contributed by atoms with Gasteiger partial charge < -0.3 is 9.72 Å². The van der Waals surface area contributed by atoms with Crippen LogP contribution >= 0.6 is 22.6 Å². The van der Waals surface area contributed by atoms with Crippen molar-refractivity contribution in [2.45, 2.75) is 44.9 Å². The van der Waals surface area contributed by atoms with Crippen molar-refractivity contribution < 1.29 is 9.53 Å². The fourth-order valence-electron chi connectivity index (χ4n) is 3.31. The van der Waals surface area contributed by atoms with Crippen LogP contribution < -0.4 is 0 Å². The van der Waals surface area contributed by atoms with E-state index in [0.717, 1.165) is 38.6 Å². The number of fused-ring (bicyclic) bond motifs is 1. The van der Waals surface area contributed by atoms with Gasteiger partial charge in [-0.1, -0.05) is 19.3 Å². The summed E-state index contributed by atoms with van der Waals surface area (Å²) < 4.78 is 6.44. The molecular weight excluding hydrogens is 377 g/mol. The number of hydrogen-bond donors (Lipinski definition) is 1. The van der Waals surface area contributed by atoms with Crippen molar-refractivity contribution in [3.05, 3.63) is 33.0 Å². The SMILES string of the molecule is CCOC(=O)c1c(C2CCCCC2)[nH]c2ccc(I)cc12. The average molecular weight is 397 g/mol. The number of hydrogen-bond acceptors (Lipinski definition) is 2. The largest absolute Gasteiger partial charge is 0.462 e. The molecular formula is C17H20INO2. The van der Waals surface area contributed by atoms with Crippen LogP contribution in [0.25, 0.3) is 10.9 Å². The van der Waals surface area contributed by atoms with E-state index in [1.165, 1.54) is 19.3 Å². The van der Waals surface area contributed by atoms with Crippen LogP contribution in [0.3, 0.4) is 0 Å². The first kappa shape index (κ1) is 14.9. The summed E-state index contributed by atoms with van der Waals surface area (Å²) in [7, 11) is 0. The third kappa shape index (κ3) is 2.96. The zero-order valence-corrected chi connectivity index (χ0v) is 14.4. The standard InChI is InChI=1S/C17H20INO2/c1-2-21-17(20)15-13-10-12(18)8-9-14(13)19-16(15)11-6-4-3-5-7-11/h8-11,19H,2-7H2,1H3. The summed E-state index contributed by atoms with van der Waals surface area (Å²) in [4.78, 5) is 15.9. The first-order valence-electron chi connectivity index (χ1n) is 7.69. The smallest absolute Gasteiger partial charge is 0.340 e. The highest BCUT2D eigenvalue weighted by atomic mass is 127. The van der Waals surface area contributed by atoms with Crippen LogP contribution in [-0.2, 0) is 4.74 Å². The Morgan fingerprint density at radius 1 is 1.33 bits per heavy atom. The number of aromatic amines is 1. The highest BCUT2D eigenvalue weighted by Crippen LogP contribution is 2.37. The Balaban J connectivity index is 2.12. The Labute approximate surface area is 138 Å². The summed E-state index contributed by atoms with van der Waals surface area (Å²) in [6.07, 6.45) is 6.13. The van der Waals surface area contributed by atoms with Gasteiger partial charge in [-0.3, -0.25) is 0 Å². The maximum atomic E-state index is 12.4.